The summed E-state index contributed by atoms with van der Waals surface area (Å²) in [7, 11) is 0. The van der Waals surface area contributed by atoms with E-state index in [1.165, 1.54) is 12.8 Å². The van der Waals surface area contributed by atoms with Crippen LogP contribution in [0.5, 0.6) is 0 Å². The molecule has 3 N–H and O–H groups in total. The molecule has 0 unspecified atom stereocenters. The Kier molecular flexibility index (Phi) is 30.8. The van der Waals surface area contributed by atoms with Crippen molar-refractivity contribution >= 4 is 41.6 Å². The van der Waals surface area contributed by atoms with Crippen molar-refractivity contribution in [3.63, 3.8) is 0 Å². The van der Waals surface area contributed by atoms with Crippen molar-refractivity contribution in [1.82, 2.24) is 30.9 Å². The zero-order valence-corrected chi connectivity index (χ0v) is 41.1. The van der Waals surface area contributed by atoms with E-state index < -0.39 is 35.2 Å². The molecular weight excluding hydrogens is 821 g/mol. The number of rotatable bonds is 32. The molecule has 0 bridgehead atoms. The Bertz CT molecular complexity index is 1550. The third-order valence-electron chi connectivity index (χ3n) is 10.2. The molecule has 1 aromatic rings. The fourth-order valence-corrected chi connectivity index (χ4v) is 6.74. The topological polar surface area (TPSA) is 222 Å². The maximum Gasteiger partial charge on any atom is 0.373 e. The second-order valence-electron chi connectivity index (χ2n) is 19.8. The second-order valence-corrected chi connectivity index (χ2v) is 19.8. The van der Waals surface area contributed by atoms with E-state index in [2.05, 4.69) is 33.2 Å². The Labute approximate surface area is 383 Å². The van der Waals surface area contributed by atoms with Gasteiger partial charge in [-0.1, -0.05) is 77.9 Å². The molecule has 16 nitrogen and oxygen atoms in total. The smallest absolute Gasteiger partial charge is 0.373 e. The van der Waals surface area contributed by atoms with Gasteiger partial charge in [0.25, 0.3) is 0 Å². The van der Waals surface area contributed by atoms with Gasteiger partial charge in [-0.25, -0.2) is 9.59 Å². The molecule has 1 aromatic heterocycles. The first kappa shape index (κ1) is 59.5. The van der Waals surface area contributed by atoms with Crippen LogP contribution in [0.25, 0.3) is 0 Å². The van der Waals surface area contributed by atoms with Crippen LogP contribution in [-0.4, -0.2) is 79.9 Å². The summed E-state index contributed by atoms with van der Waals surface area (Å²) in [6, 6.07) is -1.75. The van der Waals surface area contributed by atoms with Crippen LogP contribution in [0.4, 0.5) is 4.79 Å². The third kappa shape index (κ3) is 34.0. The maximum absolute atomic E-state index is 13.2. The van der Waals surface area contributed by atoms with Crippen molar-refractivity contribution in [2.45, 2.75) is 247 Å². The average Bonchev–Trinajstić information content (AvgIpc) is 3.64. The van der Waals surface area contributed by atoms with E-state index in [4.69, 9.17) is 19.1 Å². The van der Waals surface area contributed by atoms with E-state index in [0.29, 0.717) is 68.9 Å². The maximum atomic E-state index is 13.2. The summed E-state index contributed by atoms with van der Waals surface area (Å²) >= 11 is 0. The van der Waals surface area contributed by atoms with Gasteiger partial charge < -0.3 is 25.4 Å². The Morgan fingerprint density at radius 1 is 0.641 bits per heavy atom. The molecular formula is C48H84N6O10. The Morgan fingerprint density at radius 3 is 1.62 bits per heavy atom. The van der Waals surface area contributed by atoms with Gasteiger partial charge in [-0.15, -0.1) is 5.10 Å². The fraction of sp³-hybridized carbons (Fsp3) is 0.812. The van der Waals surface area contributed by atoms with Crippen molar-refractivity contribution in [3.05, 3.63) is 11.9 Å². The molecule has 0 aromatic carbocycles. The molecule has 1 rings (SSSR count). The minimum atomic E-state index is -1.03. The number of carbonyl (C=O) groups excluding carboxylic acids is 8. The molecule has 16 heteroatoms. The highest BCUT2D eigenvalue weighted by atomic mass is 16.6. The van der Waals surface area contributed by atoms with Gasteiger partial charge in [0.2, 0.25) is 5.91 Å². The van der Waals surface area contributed by atoms with Gasteiger partial charge in [-0.05, 0) is 105 Å². The summed E-state index contributed by atoms with van der Waals surface area (Å²) < 4.78 is 12.7. The Morgan fingerprint density at radius 2 is 1.14 bits per heavy atom. The minimum absolute atomic E-state index is 0.0333. The van der Waals surface area contributed by atoms with Gasteiger partial charge in [0.15, 0.2) is 0 Å². The van der Waals surface area contributed by atoms with Gasteiger partial charge in [0, 0.05) is 51.1 Å². The number of nitrogens with one attached hydrogen (secondary N) is 3. The predicted molar refractivity (Wildman–Crippen MR) is 245 cm³/mol. The molecule has 0 saturated heterocycles. The third-order valence-corrected chi connectivity index (χ3v) is 10.2. The monoisotopic (exact) mass is 905 g/mol. The van der Waals surface area contributed by atoms with Crippen LogP contribution in [0.1, 0.15) is 216 Å². The first-order valence-electron chi connectivity index (χ1n) is 23.7. The molecule has 0 aliphatic rings. The lowest BCUT2D eigenvalue weighted by Gasteiger charge is -2.32. The number of ether oxygens (including phenoxy) is 2. The lowest BCUT2D eigenvalue weighted by atomic mass is 9.84. The number of unbranched alkanes of at least 4 members (excludes halogenated alkanes) is 10. The Hall–Kier alpha value is -4.46. The molecule has 64 heavy (non-hydrogen) atoms. The summed E-state index contributed by atoms with van der Waals surface area (Å²) in [6.07, 6.45) is 19.2. The molecule has 2 atom stereocenters. The van der Waals surface area contributed by atoms with Crippen LogP contribution in [-0.2, 0) is 56.1 Å². The molecule has 0 fully saturated rings. The number of carbonyl (C=O) groups is 6. The SMILES string of the molecule is CCCCCCC(=O)CCCCCCC(=O)CCCCCCC(=O)NCc1cn(CCCC[C@H](NC(=O)N[C@@H](CCC(=O)OC(C)(C)C)C(=O)OC(C)(C)C)C(C)(C)C)nn1.O=C=O. The van der Waals surface area contributed by atoms with Crippen molar-refractivity contribution in [3.8, 4) is 0 Å². The van der Waals surface area contributed by atoms with Crippen LogP contribution in [0.3, 0.4) is 0 Å². The van der Waals surface area contributed by atoms with Gasteiger partial charge in [-0.2, -0.15) is 9.59 Å². The molecule has 1 heterocycles. The van der Waals surface area contributed by atoms with Crippen molar-refractivity contribution in [2.24, 2.45) is 5.41 Å². The van der Waals surface area contributed by atoms with E-state index in [1.807, 2.05) is 27.0 Å². The highest BCUT2D eigenvalue weighted by molar-refractivity contribution is 5.84. The van der Waals surface area contributed by atoms with E-state index in [1.54, 1.807) is 46.2 Å². The molecule has 0 saturated carbocycles. The van der Waals surface area contributed by atoms with Crippen LogP contribution < -0.4 is 16.0 Å². The van der Waals surface area contributed by atoms with E-state index in [0.717, 1.165) is 77.0 Å². The van der Waals surface area contributed by atoms with Crippen LogP contribution >= 0.6 is 0 Å². The van der Waals surface area contributed by atoms with Gasteiger partial charge in [0.1, 0.15) is 34.5 Å². The van der Waals surface area contributed by atoms with Crippen LogP contribution in [0.2, 0.25) is 0 Å². The highest BCUT2D eigenvalue weighted by Crippen LogP contribution is 2.24. The Balaban J connectivity index is 0.0000128. The summed E-state index contributed by atoms with van der Waals surface area (Å²) in [5.74, 6) is -0.419. The van der Waals surface area contributed by atoms with Gasteiger partial charge >= 0.3 is 24.1 Å². The first-order valence-corrected chi connectivity index (χ1v) is 23.7. The summed E-state index contributed by atoms with van der Waals surface area (Å²) in [4.78, 5) is 91.5. The van der Waals surface area contributed by atoms with Crippen molar-refractivity contribution in [2.75, 3.05) is 0 Å². The largest absolute Gasteiger partial charge is 0.460 e. The second kappa shape index (κ2) is 33.1. The number of esters is 2. The van der Waals surface area contributed by atoms with Crippen LogP contribution in [0.15, 0.2) is 6.20 Å². The molecule has 0 aliphatic carbocycles. The zero-order chi connectivity index (χ0) is 48.6. The summed E-state index contributed by atoms with van der Waals surface area (Å²) in [5.41, 5.74) is -1.03. The zero-order valence-electron chi connectivity index (χ0n) is 41.1. The van der Waals surface area contributed by atoms with E-state index in [-0.39, 0.29) is 36.4 Å². The number of aromatic nitrogens is 3. The highest BCUT2D eigenvalue weighted by Gasteiger charge is 2.31. The summed E-state index contributed by atoms with van der Waals surface area (Å²) in [6.45, 7) is 19.8. The fourth-order valence-electron chi connectivity index (χ4n) is 6.74. The van der Waals surface area contributed by atoms with E-state index >= 15 is 0 Å². The predicted octanol–water partition coefficient (Wildman–Crippen LogP) is 8.82. The average molecular weight is 905 g/mol. The molecule has 0 radical (unpaired) electrons. The number of hydrogen-bond acceptors (Lipinski definition) is 12. The lowest BCUT2D eigenvalue weighted by Crippen LogP contribution is -2.53. The van der Waals surface area contributed by atoms with E-state index in [9.17, 15) is 28.8 Å². The number of aryl methyl sites for hydroxylation is 1. The summed E-state index contributed by atoms with van der Waals surface area (Å²) in [5, 5.41) is 17.1. The normalized spacial score (nSPS) is 12.5. The number of Topliss-reactive ketones (excluding diaryl/α,β-unsaturated/α-hetero) is 2. The minimum Gasteiger partial charge on any atom is -0.460 e. The number of hydrogen-bond donors (Lipinski definition) is 3. The van der Waals surface area contributed by atoms with Gasteiger partial charge in [-0.3, -0.25) is 23.9 Å². The van der Waals surface area contributed by atoms with Gasteiger partial charge in [0.05, 0.1) is 12.7 Å². The van der Waals surface area contributed by atoms with Crippen LogP contribution in [0, 0.1) is 5.41 Å². The molecule has 366 valence electrons. The standard InChI is InChI=1S/C47H84N6O8.CO2/c1-11-12-13-18-25-37(54)26-19-14-15-20-27-38(55)28-21-16-17-22-30-41(56)48-34-36-35-53(52-51-36)33-24-23-29-40(45(2,3)4)50-44(59)49-39(43(58)61-47(8,9)10)31-32-42(57)60-46(5,6)7;2-1-3/h35,39-40H,11-34H2,1-10H3,(H,48,56)(H2,49,50,59);/t39-,40-;/m0./s1. The molecule has 0 spiro atoms. The number of ketones is 2. The quantitative estimate of drug-likeness (QED) is 0.0456. The van der Waals surface area contributed by atoms with Crippen molar-refractivity contribution < 1.29 is 47.8 Å². The first-order chi connectivity index (χ1) is 30.0. The lowest BCUT2D eigenvalue weighted by molar-refractivity contribution is -0.192. The van der Waals surface area contributed by atoms with Crippen molar-refractivity contribution in [1.29, 1.82) is 0 Å². The number of urea groups is 1. The number of nitrogens with zero attached hydrogens (tertiary/aromatic N) is 3. The molecule has 3 amide bonds. The molecule has 0 aliphatic heterocycles. The number of amides is 3.